The number of hydrogen-bond donors (Lipinski definition) is 1. The van der Waals surface area contributed by atoms with Crippen LogP contribution in [0.4, 0.5) is 15.8 Å². The Hall–Kier alpha value is -2.29. The molecule has 0 aromatic heterocycles. The molecule has 0 radical (unpaired) electrons. The van der Waals surface area contributed by atoms with Crippen molar-refractivity contribution < 1.29 is 4.39 Å². The number of nitrogens with one attached hydrogen (secondary N) is 1. The quantitative estimate of drug-likeness (QED) is 0.742. The summed E-state index contributed by atoms with van der Waals surface area (Å²) in [6.45, 7) is 6.36. The fourth-order valence-corrected chi connectivity index (χ4v) is 4.39. The van der Waals surface area contributed by atoms with Crippen LogP contribution in [0.1, 0.15) is 43.4 Å². The Morgan fingerprint density at radius 1 is 1.08 bits per heavy atom. The normalized spacial score (nSPS) is 23.7. The molecule has 0 saturated carbocycles. The molecule has 3 unspecified atom stereocenters. The molecular weight excluding hydrogens is 311 g/mol. The molecule has 0 saturated heterocycles. The molecule has 2 aromatic carbocycles. The van der Waals surface area contributed by atoms with Crippen molar-refractivity contribution >= 4 is 11.4 Å². The number of anilines is 2. The first-order chi connectivity index (χ1) is 12.2. The van der Waals surface area contributed by atoms with Crippen molar-refractivity contribution in [2.75, 3.05) is 23.3 Å². The number of allylic oxidation sites excluding steroid dienone is 2. The van der Waals surface area contributed by atoms with E-state index < -0.39 is 0 Å². The summed E-state index contributed by atoms with van der Waals surface area (Å²) >= 11 is 0. The number of rotatable bonds is 4. The molecule has 0 amide bonds. The minimum Gasteiger partial charge on any atom is -0.375 e. The molecule has 130 valence electrons. The highest BCUT2D eigenvalue weighted by Gasteiger charge is 2.38. The highest BCUT2D eigenvalue weighted by molar-refractivity contribution is 5.61. The monoisotopic (exact) mass is 336 g/mol. The number of fused-ring (bicyclic) bond motifs is 3. The van der Waals surface area contributed by atoms with Crippen molar-refractivity contribution in [1.82, 2.24) is 0 Å². The van der Waals surface area contributed by atoms with Gasteiger partial charge in [0.2, 0.25) is 0 Å². The van der Waals surface area contributed by atoms with Crippen LogP contribution in [0.15, 0.2) is 54.6 Å². The first-order valence-corrected chi connectivity index (χ1v) is 9.29. The molecule has 0 bridgehead atoms. The predicted molar refractivity (Wildman–Crippen MR) is 103 cm³/mol. The lowest BCUT2D eigenvalue weighted by molar-refractivity contribution is 0.421. The highest BCUT2D eigenvalue weighted by atomic mass is 19.1. The van der Waals surface area contributed by atoms with Gasteiger partial charge in [-0.15, -0.1) is 0 Å². The fourth-order valence-electron chi connectivity index (χ4n) is 4.39. The van der Waals surface area contributed by atoms with E-state index >= 15 is 0 Å². The van der Waals surface area contributed by atoms with Crippen LogP contribution in [-0.4, -0.2) is 13.1 Å². The van der Waals surface area contributed by atoms with E-state index in [2.05, 4.69) is 66.5 Å². The summed E-state index contributed by atoms with van der Waals surface area (Å²) in [7, 11) is 0. The molecule has 1 heterocycles. The maximum atomic E-state index is 14.4. The van der Waals surface area contributed by atoms with E-state index in [-0.39, 0.29) is 11.9 Å². The van der Waals surface area contributed by atoms with E-state index in [1.54, 1.807) is 6.07 Å². The Kier molecular flexibility index (Phi) is 4.24. The van der Waals surface area contributed by atoms with Crippen molar-refractivity contribution in [2.45, 2.75) is 32.2 Å². The molecule has 4 rings (SSSR count). The molecule has 2 aliphatic rings. The Morgan fingerprint density at radius 3 is 2.56 bits per heavy atom. The molecular formula is C22H25FN2. The standard InChI is InChI=1S/C22H25FN2/c1-3-25(4-2)16-13-11-15(12-14-16)21-18-8-5-7-17(18)19-9-6-10-20(23)22(19)24-21/h5-7,9-14,17-18,21,24H,3-4,8H2,1-2H3. The molecule has 25 heavy (non-hydrogen) atoms. The molecule has 3 atom stereocenters. The van der Waals surface area contributed by atoms with E-state index in [0.29, 0.717) is 17.5 Å². The van der Waals surface area contributed by atoms with E-state index in [9.17, 15) is 4.39 Å². The zero-order valence-electron chi connectivity index (χ0n) is 14.9. The topological polar surface area (TPSA) is 15.3 Å². The molecule has 2 nitrogen and oxygen atoms in total. The van der Waals surface area contributed by atoms with Gasteiger partial charge < -0.3 is 10.2 Å². The molecule has 2 aromatic rings. The third-order valence-corrected chi connectivity index (χ3v) is 5.73. The Labute approximate surface area is 149 Å². The third kappa shape index (κ3) is 2.72. The zero-order valence-corrected chi connectivity index (χ0v) is 14.9. The van der Waals surface area contributed by atoms with Crippen LogP contribution in [-0.2, 0) is 0 Å². The number of nitrogens with zero attached hydrogens (tertiary/aromatic N) is 1. The van der Waals surface area contributed by atoms with Crippen LogP contribution in [0.5, 0.6) is 0 Å². The Morgan fingerprint density at radius 2 is 1.84 bits per heavy atom. The summed E-state index contributed by atoms with van der Waals surface area (Å²) in [5.41, 5.74) is 4.25. The van der Waals surface area contributed by atoms with E-state index in [4.69, 9.17) is 0 Å². The molecule has 3 heteroatoms. The van der Waals surface area contributed by atoms with Gasteiger partial charge >= 0.3 is 0 Å². The highest BCUT2D eigenvalue weighted by Crippen LogP contribution is 2.50. The zero-order chi connectivity index (χ0) is 17.4. The van der Waals surface area contributed by atoms with E-state index in [1.165, 1.54) is 11.3 Å². The van der Waals surface area contributed by atoms with Gasteiger partial charge in [-0.2, -0.15) is 0 Å². The fraction of sp³-hybridized carbons (Fsp3) is 0.364. The second-order valence-electron chi connectivity index (χ2n) is 6.94. The molecule has 0 fully saturated rings. The summed E-state index contributed by atoms with van der Waals surface area (Å²) in [5.74, 6) is 0.606. The van der Waals surface area contributed by atoms with Crippen molar-refractivity contribution in [1.29, 1.82) is 0 Å². The van der Waals surface area contributed by atoms with Crippen LogP contribution >= 0.6 is 0 Å². The first kappa shape index (κ1) is 16.2. The van der Waals surface area contributed by atoms with Gasteiger partial charge in [-0.25, -0.2) is 4.39 Å². The summed E-state index contributed by atoms with van der Waals surface area (Å²) < 4.78 is 14.4. The van der Waals surface area contributed by atoms with Gasteiger partial charge in [-0.1, -0.05) is 36.4 Å². The van der Waals surface area contributed by atoms with Crippen molar-refractivity contribution in [3.05, 3.63) is 71.6 Å². The van der Waals surface area contributed by atoms with Gasteiger partial charge in [-0.05, 0) is 55.5 Å². The first-order valence-electron chi connectivity index (χ1n) is 9.29. The minimum atomic E-state index is -0.152. The predicted octanol–water partition coefficient (Wildman–Crippen LogP) is 5.50. The second-order valence-corrected chi connectivity index (χ2v) is 6.94. The lowest BCUT2D eigenvalue weighted by Gasteiger charge is -2.37. The van der Waals surface area contributed by atoms with Gasteiger partial charge in [0.15, 0.2) is 0 Å². The largest absolute Gasteiger partial charge is 0.375 e. The van der Waals surface area contributed by atoms with Crippen LogP contribution in [0.25, 0.3) is 0 Å². The lowest BCUT2D eigenvalue weighted by atomic mass is 9.77. The summed E-state index contributed by atoms with van der Waals surface area (Å²) in [6.07, 6.45) is 5.53. The smallest absolute Gasteiger partial charge is 0.146 e. The average molecular weight is 336 g/mol. The van der Waals surface area contributed by atoms with E-state index in [1.807, 2.05) is 6.07 Å². The SMILES string of the molecule is CCN(CC)c1ccc(C2Nc3c(F)cccc3C3C=CCC32)cc1. The van der Waals surface area contributed by atoms with Crippen LogP contribution in [0.2, 0.25) is 0 Å². The van der Waals surface area contributed by atoms with Gasteiger partial charge in [-0.3, -0.25) is 0 Å². The van der Waals surface area contributed by atoms with Gasteiger partial charge in [0.1, 0.15) is 5.82 Å². The number of para-hydroxylation sites is 1. The van der Waals surface area contributed by atoms with Gasteiger partial charge in [0, 0.05) is 24.7 Å². The third-order valence-electron chi connectivity index (χ3n) is 5.73. The van der Waals surface area contributed by atoms with Crippen molar-refractivity contribution in [2.24, 2.45) is 5.92 Å². The minimum absolute atomic E-state index is 0.148. The molecule has 0 spiro atoms. The average Bonchev–Trinajstić information content (AvgIpc) is 3.13. The Bertz CT molecular complexity index is 777. The van der Waals surface area contributed by atoms with Gasteiger partial charge in [0.25, 0.3) is 0 Å². The summed E-state index contributed by atoms with van der Waals surface area (Å²) in [6, 6.07) is 14.4. The van der Waals surface area contributed by atoms with Crippen molar-refractivity contribution in [3.8, 4) is 0 Å². The molecule has 1 aliphatic carbocycles. The number of halogens is 1. The second kappa shape index (κ2) is 6.55. The van der Waals surface area contributed by atoms with E-state index in [0.717, 1.165) is 25.1 Å². The summed E-state index contributed by atoms with van der Waals surface area (Å²) in [4.78, 5) is 2.34. The maximum absolute atomic E-state index is 14.4. The van der Waals surface area contributed by atoms with Crippen molar-refractivity contribution in [3.63, 3.8) is 0 Å². The molecule has 1 aliphatic heterocycles. The van der Waals surface area contributed by atoms with Crippen LogP contribution in [0, 0.1) is 11.7 Å². The number of hydrogen-bond acceptors (Lipinski definition) is 2. The van der Waals surface area contributed by atoms with Crippen LogP contribution in [0.3, 0.4) is 0 Å². The Balaban J connectivity index is 1.68. The molecule has 1 N–H and O–H groups in total. The van der Waals surface area contributed by atoms with Crippen LogP contribution < -0.4 is 10.2 Å². The summed E-state index contributed by atoms with van der Waals surface area (Å²) in [5, 5.41) is 3.50. The van der Waals surface area contributed by atoms with Gasteiger partial charge in [0.05, 0.1) is 11.7 Å². The number of benzene rings is 2. The maximum Gasteiger partial charge on any atom is 0.146 e. The lowest BCUT2D eigenvalue weighted by Crippen LogP contribution is -2.29.